The molecule has 0 aromatic carbocycles. The van der Waals surface area contributed by atoms with Gasteiger partial charge in [-0.05, 0) is 38.3 Å². The molecule has 2 rings (SSSR count). The highest BCUT2D eigenvalue weighted by Gasteiger charge is 2.16. The Morgan fingerprint density at radius 1 is 1.25 bits per heavy atom. The van der Waals surface area contributed by atoms with Gasteiger partial charge in [0.1, 0.15) is 0 Å². The number of rotatable bonds is 4. The molecule has 1 saturated carbocycles. The summed E-state index contributed by atoms with van der Waals surface area (Å²) in [5.74, 6) is 0.699. The van der Waals surface area contributed by atoms with Gasteiger partial charge in [-0.1, -0.05) is 25.7 Å². The number of aromatic amines is 1. The SMILES string of the molecule is NCCCc1cc(C2CCCCCC2)n[nH]1. The molecule has 0 saturated heterocycles. The summed E-state index contributed by atoms with van der Waals surface area (Å²) >= 11 is 0. The molecule has 1 heterocycles. The van der Waals surface area contributed by atoms with E-state index >= 15 is 0 Å². The molecule has 0 amide bonds. The lowest BCUT2D eigenvalue weighted by molar-refractivity contribution is 0.576. The van der Waals surface area contributed by atoms with Crippen LogP contribution in [0, 0.1) is 0 Å². The van der Waals surface area contributed by atoms with Gasteiger partial charge in [-0.15, -0.1) is 0 Å². The predicted molar refractivity (Wildman–Crippen MR) is 66.4 cm³/mol. The second-order valence-electron chi connectivity index (χ2n) is 4.90. The molecule has 0 aliphatic heterocycles. The lowest BCUT2D eigenvalue weighted by Crippen LogP contribution is -2.00. The maximum absolute atomic E-state index is 5.51. The van der Waals surface area contributed by atoms with Crippen molar-refractivity contribution in [2.24, 2.45) is 5.73 Å². The Morgan fingerprint density at radius 3 is 2.69 bits per heavy atom. The molecule has 1 fully saturated rings. The van der Waals surface area contributed by atoms with Gasteiger partial charge in [0.25, 0.3) is 0 Å². The van der Waals surface area contributed by atoms with E-state index in [2.05, 4.69) is 16.3 Å². The van der Waals surface area contributed by atoms with E-state index in [0.29, 0.717) is 5.92 Å². The van der Waals surface area contributed by atoms with Crippen molar-refractivity contribution in [2.45, 2.75) is 57.3 Å². The number of aryl methyl sites for hydroxylation is 1. The third-order valence-electron chi connectivity index (χ3n) is 3.57. The first-order chi connectivity index (χ1) is 7.90. The molecule has 0 radical (unpaired) electrons. The van der Waals surface area contributed by atoms with Gasteiger partial charge in [0.05, 0.1) is 5.69 Å². The van der Waals surface area contributed by atoms with Crippen molar-refractivity contribution in [1.82, 2.24) is 10.2 Å². The second-order valence-corrected chi connectivity index (χ2v) is 4.90. The number of hydrogen-bond acceptors (Lipinski definition) is 2. The van der Waals surface area contributed by atoms with Crippen LogP contribution in [-0.2, 0) is 6.42 Å². The Hall–Kier alpha value is -0.830. The lowest BCUT2D eigenvalue weighted by atomic mass is 9.96. The molecule has 1 aliphatic carbocycles. The van der Waals surface area contributed by atoms with Crippen molar-refractivity contribution in [2.75, 3.05) is 6.54 Å². The molecule has 0 unspecified atom stereocenters. The molecule has 0 bridgehead atoms. The molecule has 1 aromatic heterocycles. The normalized spacial score (nSPS) is 18.6. The monoisotopic (exact) mass is 221 g/mol. The molecule has 3 heteroatoms. The fourth-order valence-corrected chi connectivity index (χ4v) is 2.58. The van der Waals surface area contributed by atoms with E-state index in [0.717, 1.165) is 19.4 Å². The summed E-state index contributed by atoms with van der Waals surface area (Å²) in [5, 5.41) is 7.62. The average Bonchev–Trinajstić information content (AvgIpc) is 2.60. The van der Waals surface area contributed by atoms with E-state index in [1.54, 1.807) is 0 Å². The smallest absolute Gasteiger partial charge is 0.0655 e. The van der Waals surface area contributed by atoms with E-state index in [9.17, 15) is 0 Å². The third kappa shape index (κ3) is 3.08. The Bertz CT molecular complexity index is 298. The molecule has 90 valence electrons. The van der Waals surface area contributed by atoms with Crippen LogP contribution in [0.2, 0.25) is 0 Å². The molecule has 3 N–H and O–H groups in total. The van der Waals surface area contributed by atoms with Gasteiger partial charge in [-0.25, -0.2) is 0 Å². The van der Waals surface area contributed by atoms with Gasteiger partial charge in [-0.2, -0.15) is 5.10 Å². The zero-order valence-electron chi connectivity index (χ0n) is 10.0. The van der Waals surface area contributed by atoms with Crippen LogP contribution in [0.3, 0.4) is 0 Å². The van der Waals surface area contributed by atoms with Crippen molar-refractivity contribution in [3.8, 4) is 0 Å². The maximum Gasteiger partial charge on any atom is 0.0655 e. The highest BCUT2D eigenvalue weighted by Crippen LogP contribution is 2.30. The minimum atomic E-state index is 0.699. The highest BCUT2D eigenvalue weighted by atomic mass is 15.1. The van der Waals surface area contributed by atoms with Gasteiger partial charge >= 0.3 is 0 Å². The summed E-state index contributed by atoms with van der Waals surface area (Å²) in [4.78, 5) is 0. The van der Waals surface area contributed by atoms with Crippen molar-refractivity contribution in [1.29, 1.82) is 0 Å². The second kappa shape index (κ2) is 6.04. The van der Waals surface area contributed by atoms with Gasteiger partial charge < -0.3 is 5.73 Å². The molecule has 16 heavy (non-hydrogen) atoms. The van der Waals surface area contributed by atoms with E-state index in [1.165, 1.54) is 49.9 Å². The third-order valence-corrected chi connectivity index (χ3v) is 3.57. The Labute approximate surface area is 97.8 Å². The molecular formula is C13H23N3. The zero-order chi connectivity index (χ0) is 11.2. The van der Waals surface area contributed by atoms with Crippen molar-refractivity contribution in [3.05, 3.63) is 17.5 Å². The van der Waals surface area contributed by atoms with E-state index in [-0.39, 0.29) is 0 Å². The van der Waals surface area contributed by atoms with Gasteiger partial charge in [0.2, 0.25) is 0 Å². The first-order valence-corrected chi connectivity index (χ1v) is 6.64. The van der Waals surface area contributed by atoms with Crippen LogP contribution < -0.4 is 5.73 Å². The van der Waals surface area contributed by atoms with E-state index < -0.39 is 0 Å². The minimum absolute atomic E-state index is 0.699. The standard InChI is InChI=1S/C13H23N3/c14-9-5-8-12-10-13(16-15-12)11-6-3-1-2-4-7-11/h10-11H,1-9,14H2,(H,15,16). The van der Waals surface area contributed by atoms with E-state index in [1.807, 2.05) is 0 Å². The number of nitrogens with zero attached hydrogens (tertiary/aromatic N) is 1. The molecular weight excluding hydrogens is 198 g/mol. The first kappa shape index (κ1) is 11.6. The van der Waals surface area contributed by atoms with Crippen LogP contribution in [0.25, 0.3) is 0 Å². The Kier molecular flexibility index (Phi) is 4.40. The summed E-state index contributed by atoms with van der Waals surface area (Å²) in [6.45, 7) is 0.762. The number of hydrogen-bond donors (Lipinski definition) is 2. The van der Waals surface area contributed by atoms with Crippen molar-refractivity contribution >= 4 is 0 Å². The number of H-pyrrole nitrogens is 1. The highest BCUT2D eigenvalue weighted by molar-refractivity contribution is 5.13. The molecule has 1 aromatic rings. The topological polar surface area (TPSA) is 54.7 Å². The van der Waals surface area contributed by atoms with Crippen LogP contribution >= 0.6 is 0 Å². The number of nitrogens with two attached hydrogens (primary N) is 1. The largest absolute Gasteiger partial charge is 0.330 e. The summed E-state index contributed by atoms with van der Waals surface area (Å²) in [6.07, 6.45) is 10.3. The van der Waals surface area contributed by atoms with Crippen molar-refractivity contribution in [3.63, 3.8) is 0 Å². The molecule has 0 atom stereocenters. The lowest BCUT2D eigenvalue weighted by Gasteiger charge is -2.09. The van der Waals surface area contributed by atoms with Crippen LogP contribution in [0.4, 0.5) is 0 Å². The fourth-order valence-electron chi connectivity index (χ4n) is 2.58. The van der Waals surface area contributed by atoms with Crippen molar-refractivity contribution < 1.29 is 0 Å². The van der Waals surface area contributed by atoms with Crippen LogP contribution in [0.15, 0.2) is 6.07 Å². The summed E-state index contributed by atoms with van der Waals surface area (Å²) in [7, 11) is 0. The Balaban J connectivity index is 1.94. The van der Waals surface area contributed by atoms with Crippen LogP contribution in [0.1, 0.15) is 62.3 Å². The number of nitrogens with one attached hydrogen (secondary N) is 1. The maximum atomic E-state index is 5.51. The van der Waals surface area contributed by atoms with Gasteiger partial charge in [-0.3, -0.25) is 5.10 Å². The van der Waals surface area contributed by atoms with Crippen LogP contribution in [-0.4, -0.2) is 16.7 Å². The number of aromatic nitrogens is 2. The molecule has 3 nitrogen and oxygen atoms in total. The zero-order valence-corrected chi connectivity index (χ0v) is 10.0. The fraction of sp³-hybridized carbons (Fsp3) is 0.769. The Morgan fingerprint density at radius 2 is 2.00 bits per heavy atom. The van der Waals surface area contributed by atoms with E-state index in [4.69, 9.17) is 5.73 Å². The predicted octanol–water partition coefficient (Wildman–Crippen LogP) is 2.74. The van der Waals surface area contributed by atoms with Gasteiger partial charge in [0.15, 0.2) is 0 Å². The summed E-state index contributed by atoms with van der Waals surface area (Å²) < 4.78 is 0. The summed E-state index contributed by atoms with van der Waals surface area (Å²) in [6, 6.07) is 2.26. The summed E-state index contributed by atoms with van der Waals surface area (Å²) in [5.41, 5.74) is 8.05. The quantitative estimate of drug-likeness (QED) is 0.768. The minimum Gasteiger partial charge on any atom is -0.330 e. The first-order valence-electron chi connectivity index (χ1n) is 6.64. The molecule has 1 aliphatic rings. The molecule has 0 spiro atoms. The van der Waals surface area contributed by atoms with Crippen LogP contribution in [0.5, 0.6) is 0 Å². The average molecular weight is 221 g/mol. The van der Waals surface area contributed by atoms with Gasteiger partial charge in [0, 0.05) is 11.6 Å².